The molecular weight excluding hydrogens is 262 g/mol. The van der Waals surface area contributed by atoms with Crippen molar-refractivity contribution in [3.05, 3.63) is 71.9 Å². The van der Waals surface area contributed by atoms with Crippen LogP contribution < -0.4 is 5.32 Å². The van der Waals surface area contributed by atoms with Crippen LogP contribution >= 0.6 is 0 Å². The lowest BCUT2D eigenvalue weighted by Gasteiger charge is -2.10. The van der Waals surface area contributed by atoms with Crippen molar-refractivity contribution in [2.75, 3.05) is 0 Å². The predicted molar refractivity (Wildman–Crippen MR) is 80.6 cm³/mol. The molecular formula is C17H13N3O. The monoisotopic (exact) mass is 275 g/mol. The van der Waals surface area contributed by atoms with Crippen LogP contribution in [0.15, 0.2) is 60.7 Å². The molecule has 0 bridgehead atoms. The van der Waals surface area contributed by atoms with Crippen LogP contribution in [-0.4, -0.2) is 10.9 Å². The summed E-state index contributed by atoms with van der Waals surface area (Å²) in [5.41, 5.74) is 2.12. The van der Waals surface area contributed by atoms with E-state index in [1.165, 1.54) is 0 Å². The molecule has 0 aliphatic heterocycles. The van der Waals surface area contributed by atoms with Gasteiger partial charge >= 0.3 is 0 Å². The second-order valence-corrected chi connectivity index (χ2v) is 4.72. The Bertz CT molecular complexity index is 782. The molecule has 0 fully saturated rings. The van der Waals surface area contributed by atoms with Gasteiger partial charge in [-0.05, 0) is 17.7 Å². The maximum atomic E-state index is 12.3. The minimum absolute atomic E-state index is 0.290. The fourth-order valence-corrected chi connectivity index (χ4v) is 2.24. The summed E-state index contributed by atoms with van der Waals surface area (Å²) in [6.07, 6.45) is 0. The van der Waals surface area contributed by atoms with Gasteiger partial charge in [-0.2, -0.15) is 5.26 Å². The Labute approximate surface area is 122 Å². The number of aromatic amines is 1. The first-order chi connectivity index (χ1) is 10.3. The topological polar surface area (TPSA) is 68.7 Å². The number of amides is 1. The molecule has 4 nitrogen and oxygen atoms in total. The van der Waals surface area contributed by atoms with Gasteiger partial charge in [-0.3, -0.25) is 4.79 Å². The third-order valence-electron chi connectivity index (χ3n) is 3.31. The van der Waals surface area contributed by atoms with Crippen LogP contribution in [0.2, 0.25) is 0 Å². The maximum Gasteiger partial charge on any atom is 0.269 e. The summed E-state index contributed by atoms with van der Waals surface area (Å²) in [5.74, 6) is -0.290. The summed E-state index contributed by atoms with van der Waals surface area (Å²) >= 11 is 0. The Balaban J connectivity index is 1.83. The first-order valence-corrected chi connectivity index (χ1v) is 6.61. The summed E-state index contributed by atoms with van der Waals surface area (Å²) in [5, 5.41) is 12.9. The Morgan fingerprint density at radius 2 is 1.81 bits per heavy atom. The molecule has 3 aromatic rings. The molecule has 3 rings (SSSR count). The molecule has 1 aromatic heterocycles. The van der Waals surface area contributed by atoms with Crippen molar-refractivity contribution >= 4 is 16.8 Å². The number of fused-ring (bicyclic) bond motifs is 1. The third kappa shape index (κ3) is 2.63. The minimum Gasteiger partial charge on any atom is -0.351 e. The molecule has 4 heteroatoms. The fraction of sp³-hybridized carbons (Fsp3) is 0.0588. The Hall–Kier alpha value is -3.06. The lowest BCUT2D eigenvalue weighted by molar-refractivity contribution is 0.0941. The molecule has 102 valence electrons. The number of hydrogen-bond acceptors (Lipinski definition) is 2. The molecule has 0 saturated carbocycles. The smallest absolute Gasteiger partial charge is 0.269 e. The van der Waals surface area contributed by atoms with Gasteiger partial charge in [0.1, 0.15) is 11.7 Å². The molecule has 0 aliphatic rings. The van der Waals surface area contributed by atoms with E-state index < -0.39 is 6.04 Å². The van der Waals surface area contributed by atoms with Crippen molar-refractivity contribution in [3.8, 4) is 6.07 Å². The number of H-pyrrole nitrogens is 1. The second-order valence-electron chi connectivity index (χ2n) is 4.72. The number of nitrogens with one attached hydrogen (secondary N) is 2. The number of nitrogens with zero attached hydrogens (tertiary/aromatic N) is 1. The van der Waals surface area contributed by atoms with E-state index in [9.17, 15) is 10.1 Å². The van der Waals surface area contributed by atoms with Gasteiger partial charge in [0, 0.05) is 10.9 Å². The molecule has 1 amide bonds. The van der Waals surface area contributed by atoms with Crippen molar-refractivity contribution < 1.29 is 4.79 Å². The molecule has 0 aliphatic carbocycles. The quantitative estimate of drug-likeness (QED) is 0.771. The van der Waals surface area contributed by atoms with E-state index in [0.717, 1.165) is 16.5 Å². The summed E-state index contributed by atoms with van der Waals surface area (Å²) in [4.78, 5) is 15.3. The van der Waals surface area contributed by atoms with Crippen LogP contribution in [-0.2, 0) is 0 Å². The number of nitriles is 1. The second kappa shape index (κ2) is 5.51. The van der Waals surface area contributed by atoms with Crippen LogP contribution in [0, 0.1) is 11.3 Å². The summed E-state index contributed by atoms with van der Waals surface area (Å²) in [7, 11) is 0. The molecule has 0 radical (unpaired) electrons. The Kier molecular flexibility index (Phi) is 3.40. The fourth-order valence-electron chi connectivity index (χ4n) is 2.24. The zero-order chi connectivity index (χ0) is 14.7. The Morgan fingerprint density at radius 3 is 2.52 bits per heavy atom. The van der Waals surface area contributed by atoms with Gasteiger partial charge in [-0.1, -0.05) is 48.5 Å². The molecule has 0 saturated heterocycles. The van der Waals surface area contributed by atoms with Crippen LogP contribution in [0.1, 0.15) is 22.1 Å². The summed E-state index contributed by atoms with van der Waals surface area (Å²) in [6, 6.07) is 20.1. The van der Waals surface area contributed by atoms with E-state index in [0.29, 0.717) is 5.69 Å². The highest BCUT2D eigenvalue weighted by Crippen LogP contribution is 2.16. The number of carbonyl (C=O) groups excluding carboxylic acids is 1. The first kappa shape index (κ1) is 12.9. The normalized spacial score (nSPS) is 11.8. The van der Waals surface area contributed by atoms with Crippen LogP contribution in [0.25, 0.3) is 10.9 Å². The number of para-hydroxylation sites is 1. The molecule has 1 heterocycles. The third-order valence-corrected chi connectivity index (χ3v) is 3.31. The van der Waals surface area contributed by atoms with E-state index >= 15 is 0 Å². The van der Waals surface area contributed by atoms with E-state index in [-0.39, 0.29) is 5.91 Å². The average Bonchev–Trinajstić information content (AvgIpc) is 2.97. The van der Waals surface area contributed by atoms with Crippen LogP contribution in [0.3, 0.4) is 0 Å². The number of aromatic nitrogens is 1. The van der Waals surface area contributed by atoms with Gasteiger partial charge < -0.3 is 10.3 Å². The number of rotatable bonds is 3. The molecule has 21 heavy (non-hydrogen) atoms. The van der Waals surface area contributed by atoms with Gasteiger partial charge in [0.15, 0.2) is 0 Å². The first-order valence-electron chi connectivity index (χ1n) is 6.61. The lowest BCUT2D eigenvalue weighted by atomic mass is 10.1. The maximum absolute atomic E-state index is 12.3. The lowest BCUT2D eigenvalue weighted by Crippen LogP contribution is -2.27. The van der Waals surface area contributed by atoms with Gasteiger partial charge in [-0.15, -0.1) is 0 Å². The zero-order valence-corrected chi connectivity index (χ0v) is 11.2. The highest BCUT2D eigenvalue weighted by atomic mass is 16.1. The van der Waals surface area contributed by atoms with E-state index in [1.807, 2.05) is 54.6 Å². The van der Waals surface area contributed by atoms with Crippen LogP contribution in [0.4, 0.5) is 0 Å². The average molecular weight is 275 g/mol. The van der Waals surface area contributed by atoms with Crippen LogP contribution in [0.5, 0.6) is 0 Å². The van der Waals surface area contributed by atoms with Crippen molar-refractivity contribution in [2.24, 2.45) is 0 Å². The molecule has 2 N–H and O–H groups in total. The van der Waals surface area contributed by atoms with Crippen molar-refractivity contribution in [3.63, 3.8) is 0 Å². The van der Waals surface area contributed by atoms with Crippen molar-refractivity contribution in [1.82, 2.24) is 10.3 Å². The minimum atomic E-state index is -0.662. The number of benzene rings is 2. The van der Waals surface area contributed by atoms with Gasteiger partial charge in [-0.25, -0.2) is 0 Å². The molecule has 1 unspecified atom stereocenters. The summed E-state index contributed by atoms with van der Waals surface area (Å²) < 4.78 is 0. The van der Waals surface area contributed by atoms with Gasteiger partial charge in [0.25, 0.3) is 5.91 Å². The number of carbonyl (C=O) groups is 1. The standard InChI is InChI=1S/C17H13N3O/c18-11-16(12-6-2-1-3-7-12)20-17(21)15-10-13-8-4-5-9-14(13)19-15/h1-10,16,19H,(H,20,21). The molecule has 1 atom stereocenters. The summed E-state index contributed by atoms with van der Waals surface area (Å²) in [6.45, 7) is 0. The van der Waals surface area contributed by atoms with Gasteiger partial charge in [0.05, 0.1) is 6.07 Å². The molecule has 2 aromatic carbocycles. The largest absolute Gasteiger partial charge is 0.351 e. The highest BCUT2D eigenvalue weighted by Gasteiger charge is 2.16. The van der Waals surface area contributed by atoms with E-state index in [2.05, 4.69) is 16.4 Å². The van der Waals surface area contributed by atoms with E-state index in [1.54, 1.807) is 6.07 Å². The van der Waals surface area contributed by atoms with Crippen molar-refractivity contribution in [2.45, 2.75) is 6.04 Å². The van der Waals surface area contributed by atoms with Gasteiger partial charge in [0.2, 0.25) is 0 Å². The van der Waals surface area contributed by atoms with Crippen molar-refractivity contribution in [1.29, 1.82) is 5.26 Å². The zero-order valence-electron chi connectivity index (χ0n) is 11.2. The Morgan fingerprint density at radius 1 is 1.10 bits per heavy atom. The predicted octanol–water partition coefficient (Wildman–Crippen LogP) is 3.16. The van der Waals surface area contributed by atoms with E-state index in [4.69, 9.17) is 0 Å². The highest BCUT2D eigenvalue weighted by molar-refractivity contribution is 5.98. The number of hydrogen-bond donors (Lipinski definition) is 2. The SMILES string of the molecule is N#CC(NC(=O)c1cc2ccccc2[nH]1)c1ccccc1. The molecule has 0 spiro atoms.